The predicted octanol–water partition coefficient (Wildman–Crippen LogP) is 2.68. The second-order valence-electron chi connectivity index (χ2n) is 6.44. The number of halogens is 1. The van der Waals surface area contributed by atoms with Gasteiger partial charge in [0.2, 0.25) is 11.8 Å². The molecule has 2 amide bonds. The van der Waals surface area contributed by atoms with Crippen LogP contribution in [0.2, 0.25) is 5.02 Å². The summed E-state index contributed by atoms with van der Waals surface area (Å²) in [7, 11) is 0. The lowest BCUT2D eigenvalue weighted by molar-refractivity contribution is -0.141. The van der Waals surface area contributed by atoms with Crippen LogP contribution >= 0.6 is 11.6 Å². The van der Waals surface area contributed by atoms with Crippen molar-refractivity contribution in [3.05, 3.63) is 34.9 Å². The molecule has 1 saturated heterocycles. The lowest BCUT2D eigenvalue weighted by Gasteiger charge is -2.34. The zero-order valence-electron chi connectivity index (χ0n) is 15.1. The minimum atomic E-state index is -0.444. The lowest BCUT2D eigenvalue weighted by Crippen LogP contribution is -2.56. The third-order valence-corrected chi connectivity index (χ3v) is 4.79. The molecule has 0 aliphatic carbocycles. The van der Waals surface area contributed by atoms with E-state index < -0.39 is 6.04 Å². The Morgan fingerprint density at radius 3 is 2.60 bits per heavy atom. The first-order valence-electron chi connectivity index (χ1n) is 9.10. The van der Waals surface area contributed by atoms with Crippen LogP contribution in [0.1, 0.15) is 38.7 Å². The van der Waals surface area contributed by atoms with Crippen LogP contribution in [0.3, 0.4) is 0 Å². The zero-order valence-corrected chi connectivity index (χ0v) is 15.9. The van der Waals surface area contributed by atoms with E-state index in [4.69, 9.17) is 11.6 Å². The Kier molecular flexibility index (Phi) is 7.72. The molecule has 1 aromatic carbocycles. The Morgan fingerprint density at radius 1 is 1.28 bits per heavy atom. The number of rotatable bonds is 8. The second-order valence-corrected chi connectivity index (χ2v) is 6.85. The Labute approximate surface area is 155 Å². The molecule has 5 nitrogen and oxygen atoms in total. The summed E-state index contributed by atoms with van der Waals surface area (Å²) in [6.07, 6.45) is 2.07. The van der Waals surface area contributed by atoms with Crippen molar-refractivity contribution in [1.82, 2.24) is 15.1 Å². The number of nitrogens with one attached hydrogen (secondary N) is 1. The van der Waals surface area contributed by atoms with E-state index in [1.807, 2.05) is 29.2 Å². The second kappa shape index (κ2) is 9.78. The molecule has 1 atom stereocenters. The van der Waals surface area contributed by atoms with E-state index in [2.05, 4.69) is 19.2 Å². The molecule has 1 N–H and O–H groups in total. The Balaban J connectivity index is 1.99. The van der Waals surface area contributed by atoms with Crippen molar-refractivity contribution in [2.45, 2.75) is 45.7 Å². The quantitative estimate of drug-likeness (QED) is 0.770. The third-order valence-electron chi connectivity index (χ3n) is 4.42. The van der Waals surface area contributed by atoms with Gasteiger partial charge in [0.05, 0.1) is 12.5 Å². The summed E-state index contributed by atoms with van der Waals surface area (Å²) in [6.45, 7) is 7.42. The van der Waals surface area contributed by atoms with Gasteiger partial charge in [-0.2, -0.15) is 0 Å². The van der Waals surface area contributed by atoms with Gasteiger partial charge in [0.25, 0.3) is 0 Å². The number of hydrogen-bond acceptors (Lipinski definition) is 3. The molecular formula is C19H28ClN3O2. The molecule has 0 bridgehead atoms. The molecule has 0 radical (unpaired) electrons. The molecule has 25 heavy (non-hydrogen) atoms. The highest BCUT2D eigenvalue weighted by atomic mass is 35.5. The predicted molar refractivity (Wildman–Crippen MR) is 100 cm³/mol. The van der Waals surface area contributed by atoms with E-state index in [-0.39, 0.29) is 18.2 Å². The van der Waals surface area contributed by atoms with Crippen molar-refractivity contribution in [1.29, 1.82) is 0 Å². The highest BCUT2D eigenvalue weighted by Crippen LogP contribution is 2.19. The highest BCUT2D eigenvalue weighted by molar-refractivity contribution is 6.31. The van der Waals surface area contributed by atoms with Crippen molar-refractivity contribution in [2.24, 2.45) is 0 Å². The fraction of sp³-hybridized carbons (Fsp3) is 0.579. The maximum atomic E-state index is 12.8. The summed E-state index contributed by atoms with van der Waals surface area (Å²) in [4.78, 5) is 29.0. The van der Waals surface area contributed by atoms with Crippen LogP contribution in [0.5, 0.6) is 0 Å². The molecule has 138 valence electrons. The van der Waals surface area contributed by atoms with E-state index in [0.29, 0.717) is 24.7 Å². The largest absolute Gasteiger partial charge is 0.343 e. The van der Waals surface area contributed by atoms with Gasteiger partial charge in [-0.3, -0.25) is 9.59 Å². The van der Waals surface area contributed by atoms with Crippen LogP contribution in [0.4, 0.5) is 0 Å². The smallest absolute Gasteiger partial charge is 0.240 e. The van der Waals surface area contributed by atoms with Gasteiger partial charge >= 0.3 is 0 Å². The van der Waals surface area contributed by atoms with Crippen molar-refractivity contribution in [2.75, 3.05) is 26.2 Å². The standard InChI is InChI=1S/C19H28ClN3O2/c1-3-10-22(11-4-2)18(24)13-17-19(25)23(12-9-21-17)14-15-7-5-6-8-16(15)20/h5-8,17,21H,3-4,9-14H2,1-2H3. The summed E-state index contributed by atoms with van der Waals surface area (Å²) in [5.41, 5.74) is 0.933. The number of carbonyl (C=O) groups is 2. The molecule has 1 aliphatic heterocycles. The molecule has 1 heterocycles. The topological polar surface area (TPSA) is 52.7 Å². The fourth-order valence-electron chi connectivity index (χ4n) is 3.15. The van der Waals surface area contributed by atoms with Crippen molar-refractivity contribution in [3.8, 4) is 0 Å². The zero-order chi connectivity index (χ0) is 18.2. The number of carbonyl (C=O) groups excluding carboxylic acids is 2. The number of piperazine rings is 1. The first-order valence-corrected chi connectivity index (χ1v) is 9.48. The van der Waals surface area contributed by atoms with Gasteiger partial charge in [-0.05, 0) is 24.5 Å². The monoisotopic (exact) mass is 365 g/mol. The van der Waals surface area contributed by atoms with E-state index >= 15 is 0 Å². The van der Waals surface area contributed by atoms with E-state index in [9.17, 15) is 9.59 Å². The first-order chi connectivity index (χ1) is 12.1. The normalized spacial score (nSPS) is 17.6. The minimum Gasteiger partial charge on any atom is -0.343 e. The average molecular weight is 366 g/mol. The lowest BCUT2D eigenvalue weighted by atomic mass is 10.1. The van der Waals surface area contributed by atoms with Gasteiger partial charge < -0.3 is 15.1 Å². The van der Waals surface area contributed by atoms with E-state index in [1.54, 1.807) is 4.90 Å². The molecule has 1 unspecified atom stereocenters. The molecule has 1 aliphatic rings. The van der Waals surface area contributed by atoms with Gasteiger partial charge in [-0.25, -0.2) is 0 Å². The Morgan fingerprint density at radius 2 is 1.96 bits per heavy atom. The number of benzene rings is 1. The molecule has 0 spiro atoms. The summed E-state index contributed by atoms with van der Waals surface area (Å²) >= 11 is 6.21. The molecule has 0 aromatic heterocycles. The van der Waals surface area contributed by atoms with Crippen LogP contribution in [0.25, 0.3) is 0 Å². The van der Waals surface area contributed by atoms with Gasteiger partial charge in [0.15, 0.2) is 0 Å². The van der Waals surface area contributed by atoms with Crippen molar-refractivity contribution >= 4 is 23.4 Å². The summed E-state index contributed by atoms with van der Waals surface area (Å²) < 4.78 is 0. The molecule has 2 rings (SSSR count). The Bertz CT molecular complexity index is 588. The fourth-order valence-corrected chi connectivity index (χ4v) is 3.34. The van der Waals surface area contributed by atoms with Gasteiger partial charge in [0, 0.05) is 37.7 Å². The van der Waals surface area contributed by atoms with Gasteiger partial charge in [-0.1, -0.05) is 43.6 Å². The maximum Gasteiger partial charge on any atom is 0.240 e. The van der Waals surface area contributed by atoms with Crippen molar-refractivity contribution < 1.29 is 9.59 Å². The number of nitrogens with zero attached hydrogens (tertiary/aromatic N) is 2. The first kappa shape index (κ1) is 19.7. The summed E-state index contributed by atoms with van der Waals surface area (Å²) in [5.74, 6) is 0.0293. The molecule has 6 heteroatoms. The summed E-state index contributed by atoms with van der Waals surface area (Å²) in [5, 5.41) is 3.86. The molecule has 0 saturated carbocycles. The van der Waals surface area contributed by atoms with Crippen LogP contribution in [-0.4, -0.2) is 53.8 Å². The van der Waals surface area contributed by atoms with Crippen LogP contribution < -0.4 is 5.32 Å². The van der Waals surface area contributed by atoms with Crippen LogP contribution in [0.15, 0.2) is 24.3 Å². The minimum absolute atomic E-state index is 0.0209. The van der Waals surface area contributed by atoms with Crippen LogP contribution in [0, 0.1) is 0 Å². The molecular weight excluding hydrogens is 338 g/mol. The maximum absolute atomic E-state index is 12.8. The third kappa shape index (κ3) is 5.44. The summed E-state index contributed by atoms with van der Waals surface area (Å²) in [6, 6.07) is 7.12. The molecule has 1 fully saturated rings. The molecule has 1 aromatic rings. The van der Waals surface area contributed by atoms with Gasteiger partial charge in [-0.15, -0.1) is 0 Å². The number of amides is 2. The van der Waals surface area contributed by atoms with Gasteiger partial charge in [0.1, 0.15) is 0 Å². The Hall–Kier alpha value is -1.59. The average Bonchev–Trinajstić information content (AvgIpc) is 2.60. The van der Waals surface area contributed by atoms with E-state index in [1.165, 1.54) is 0 Å². The van der Waals surface area contributed by atoms with Crippen LogP contribution in [-0.2, 0) is 16.1 Å². The highest BCUT2D eigenvalue weighted by Gasteiger charge is 2.31. The number of hydrogen-bond donors (Lipinski definition) is 1. The van der Waals surface area contributed by atoms with E-state index in [0.717, 1.165) is 31.5 Å². The SMILES string of the molecule is CCCN(CCC)C(=O)CC1NCCN(Cc2ccccc2Cl)C1=O. The van der Waals surface area contributed by atoms with Crippen molar-refractivity contribution in [3.63, 3.8) is 0 Å².